The summed E-state index contributed by atoms with van der Waals surface area (Å²) in [5.74, 6) is 1.25. The first kappa shape index (κ1) is 12.7. The first-order valence-electron chi connectivity index (χ1n) is 6.14. The molecule has 0 saturated carbocycles. The fraction of sp³-hybridized carbons (Fsp3) is 0.538. The number of methoxy groups -OCH3 is 1. The van der Waals surface area contributed by atoms with Crippen molar-refractivity contribution in [2.45, 2.75) is 12.8 Å². The van der Waals surface area contributed by atoms with Crippen molar-refractivity contribution in [1.29, 1.82) is 5.26 Å². The van der Waals surface area contributed by atoms with Crippen molar-refractivity contribution in [2.75, 3.05) is 37.4 Å². The third-order valence-electron chi connectivity index (χ3n) is 3.23. The van der Waals surface area contributed by atoms with E-state index in [-0.39, 0.29) is 0 Å². The smallest absolute Gasteiger partial charge is 0.146 e. The highest BCUT2D eigenvalue weighted by molar-refractivity contribution is 5.59. The summed E-state index contributed by atoms with van der Waals surface area (Å²) in [7, 11) is 1.72. The van der Waals surface area contributed by atoms with Crippen molar-refractivity contribution in [3.05, 3.63) is 17.8 Å². The first-order valence-corrected chi connectivity index (χ1v) is 6.14. The summed E-state index contributed by atoms with van der Waals surface area (Å²) >= 11 is 0. The molecule has 2 heterocycles. The quantitative estimate of drug-likeness (QED) is 0.872. The Morgan fingerprint density at radius 1 is 1.67 bits per heavy atom. The van der Waals surface area contributed by atoms with Crippen LogP contribution in [0.25, 0.3) is 0 Å². The molecular weight excluding hydrogens is 228 g/mol. The van der Waals surface area contributed by atoms with Crippen molar-refractivity contribution in [1.82, 2.24) is 4.98 Å². The summed E-state index contributed by atoms with van der Waals surface area (Å²) in [4.78, 5) is 6.46. The molecule has 1 aliphatic rings. The van der Waals surface area contributed by atoms with E-state index < -0.39 is 0 Å². The second kappa shape index (κ2) is 5.69. The highest BCUT2D eigenvalue weighted by atomic mass is 16.5. The van der Waals surface area contributed by atoms with Gasteiger partial charge in [-0.3, -0.25) is 0 Å². The van der Waals surface area contributed by atoms with Gasteiger partial charge >= 0.3 is 0 Å². The standard InChI is InChI=1S/C13H18N4O/c1-18-9-10-3-2-4-17(8-10)13-11(6-14)5-12(15)7-16-13/h5,7,10H,2-4,8-9,15H2,1H3. The van der Waals surface area contributed by atoms with E-state index in [9.17, 15) is 0 Å². The zero-order valence-corrected chi connectivity index (χ0v) is 10.6. The summed E-state index contributed by atoms with van der Waals surface area (Å²) in [6.07, 6.45) is 3.88. The second-order valence-corrected chi connectivity index (χ2v) is 4.66. The molecule has 0 amide bonds. The van der Waals surface area contributed by atoms with Crippen LogP contribution in [0, 0.1) is 17.2 Å². The van der Waals surface area contributed by atoms with Crippen LogP contribution >= 0.6 is 0 Å². The summed E-state index contributed by atoms with van der Waals surface area (Å²) in [6, 6.07) is 3.85. The molecule has 0 aromatic carbocycles. The largest absolute Gasteiger partial charge is 0.397 e. The number of nitrogens with zero attached hydrogens (tertiary/aromatic N) is 3. The van der Waals surface area contributed by atoms with Gasteiger partial charge in [0.25, 0.3) is 0 Å². The molecule has 1 saturated heterocycles. The van der Waals surface area contributed by atoms with Gasteiger partial charge in [0.05, 0.1) is 24.1 Å². The SMILES string of the molecule is COCC1CCCN(c2ncc(N)cc2C#N)C1. The first-order chi connectivity index (χ1) is 8.74. The Balaban J connectivity index is 2.18. The number of pyridine rings is 1. The lowest BCUT2D eigenvalue weighted by Gasteiger charge is -2.33. The number of nitrogens with two attached hydrogens (primary N) is 1. The number of anilines is 2. The van der Waals surface area contributed by atoms with E-state index >= 15 is 0 Å². The molecule has 96 valence electrons. The fourth-order valence-corrected chi connectivity index (χ4v) is 2.44. The molecule has 1 aromatic rings. The van der Waals surface area contributed by atoms with Gasteiger partial charge in [0, 0.05) is 20.2 Å². The fourth-order valence-electron chi connectivity index (χ4n) is 2.44. The maximum atomic E-state index is 9.15. The van der Waals surface area contributed by atoms with Crippen LogP contribution in [-0.2, 0) is 4.74 Å². The van der Waals surface area contributed by atoms with Crippen molar-refractivity contribution in [3.8, 4) is 6.07 Å². The summed E-state index contributed by atoms with van der Waals surface area (Å²) in [5.41, 5.74) is 6.73. The maximum Gasteiger partial charge on any atom is 0.146 e. The molecular formula is C13H18N4O. The van der Waals surface area contributed by atoms with Crippen LogP contribution in [-0.4, -0.2) is 31.8 Å². The Morgan fingerprint density at radius 3 is 3.22 bits per heavy atom. The lowest BCUT2D eigenvalue weighted by molar-refractivity contribution is 0.143. The van der Waals surface area contributed by atoms with Crippen LogP contribution in [0.4, 0.5) is 11.5 Å². The number of nitrogen functional groups attached to an aromatic ring is 1. The minimum Gasteiger partial charge on any atom is -0.397 e. The Bertz CT molecular complexity index is 453. The zero-order valence-electron chi connectivity index (χ0n) is 10.6. The Labute approximate surface area is 107 Å². The molecule has 1 aromatic heterocycles. The highest BCUT2D eigenvalue weighted by Crippen LogP contribution is 2.25. The summed E-state index contributed by atoms with van der Waals surface area (Å²) in [6.45, 7) is 2.58. The van der Waals surface area contributed by atoms with Gasteiger partial charge in [-0.15, -0.1) is 0 Å². The lowest BCUT2D eigenvalue weighted by atomic mass is 9.98. The van der Waals surface area contributed by atoms with Gasteiger partial charge in [-0.25, -0.2) is 4.98 Å². The van der Waals surface area contributed by atoms with Gasteiger partial charge < -0.3 is 15.4 Å². The number of aromatic nitrogens is 1. The van der Waals surface area contributed by atoms with E-state index in [0.29, 0.717) is 17.2 Å². The third-order valence-corrected chi connectivity index (χ3v) is 3.23. The second-order valence-electron chi connectivity index (χ2n) is 4.66. The van der Waals surface area contributed by atoms with E-state index in [1.165, 1.54) is 6.42 Å². The third kappa shape index (κ3) is 2.71. The molecule has 1 unspecified atom stereocenters. The van der Waals surface area contributed by atoms with Crippen molar-refractivity contribution in [2.24, 2.45) is 5.92 Å². The van der Waals surface area contributed by atoms with Gasteiger partial charge in [-0.05, 0) is 24.8 Å². The summed E-state index contributed by atoms with van der Waals surface area (Å²) in [5, 5.41) is 9.15. The summed E-state index contributed by atoms with van der Waals surface area (Å²) < 4.78 is 5.21. The van der Waals surface area contributed by atoms with E-state index in [4.69, 9.17) is 15.7 Å². The Kier molecular flexibility index (Phi) is 4.00. The van der Waals surface area contributed by atoms with E-state index in [1.807, 2.05) is 0 Å². The average molecular weight is 246 g/mol. The molecule has 0 radical (unpaired) electrons. The predicted molar refractivity (Wildman–Crippen MR) is 70.2 cm³/mol. The predicted octanol–water partition coefficient (Wildman–Crippen LogP) is 1.40. The minimum atomic E-state index is 0.509. The van der Waals surface area contributed by atoms with Gasteiger partial charge in [0.2, 0.25) is 0 Å². The van der Waals surface area contributed by atoms with Crippen LogP contribution in [0.5, 0.6) is 0 Å². The molecule has 0 spiro atoms. The van der Waals surface area contributed by atoms with Crippen LogP contribution < -0.4 is 10.6 Å². The molecule has 0 bridgehead atoms. The number of hydrogen-bond acceptors (Lipinski definition) is 5. The molecule has 5 heteroatoms. The molecule has 1 atom stereocenters. The highest BCUT2D eigenvalue weighted by Gasteiger charge is 2.22. The van der Waals surface area contributed by atoms with Gasteiger partial charge in [-0.2, -0.15) is 5.26 Å². The van der Waals surface area contributed by atoms with Gasteiger partial charge in [0.1, 0.15) is 11.9 Å². The molecule has 2 rings (SSSR count). The van der Waals surface area contributed by atoms with Crippen LogP contribution in [0.1, 0.15) is 18.4 Å². The monoisotopic (exact) mass is 246 g/mol. The number of rotatable bonds is 3. The average Bonchev–Trinajstić information content (AvgIpc) is 2.39. The Morgan fingerprint density at radius 2 is 2.50 bits per heavy atom. The molecule has 18 heavy (non-hydrogen) atoms. The number of piperidine rings is 1. The van der Waals surface area contributed by atoms with E-state index in [2.05, 4.69) is 16.0 Å². The lowest BCUT2D eigenvalue weighted by Crippen LogP contribution is -2.38. The van der Waals surface area contributed by atoms with Crippen LogP contribution in [0.2, 0.25) is 0 Å². The van der Waals surface area contributed by atoms with Crippen molar-refractivity contribution in [3.63, 3.8) is 0 Å². The van der Waals surface area contributed by atoms with Crippen molar-refractivity contribution < 1.29 is 4.74 Å². The molecule has 2 N–H and O–H groups in total. The molecule has 1 fully saturated rings. The molecule has 0 aliphatic carbocycles. The topological polar surface area (TPSA) is 75.2 Å². The van der Waals surface area contributed by atoms with Crippen LogP contribution in [0.15, 0.2) is 12.3 Å². The number of hydrogen-bond donors (Lipinski definition) is 1. The van der Waals surface area contributed by atoms with Gasteiger partial charge in [-0.1, -0.05) is 0 Å². The molecule has 1 aliphatic heterocycles. The normalized spacial score (nSPS) is 19.6. The van der Waals surface area contributed by atoms with E-state index in [1.54, 1.807) is 19.4 Å². The minimum absolute atomic E-state index is 0.509. The zero-order chi connectivity index (χ0) is 13.0. The van der Waals surface area contributed by atoms with Crippen LogP contribution in [0.3, 0.4) is 0 Å². The van der Waals surface area contributed by atoms with E-state index in [0.717, 1.165) is 31.9 Å². The number of nitriles is 1. The Hall–Kier alpha value is -1.80. The molecule has 5 nitrogen and oxygen atoms in total. The van der Waals surface area contributed by atoms with Gasteiger partial charge in [0.15, 0.2) is 0 Å². The maximum absolute atomic E-state index is 9.15. The van der Waals surface area contributed by atoms with Crippen molar-refractivity contribution >= 4 is 11.5 Å². The number of ether oxygens (including phenoxy) is 1.